The average Bonchev–Trinajstić information content (AvgIpc) is 3.43. The molecule has 0 aliphatic heterocycles. The van der Waals surface area contributed by atoms with Crippen LogP contribution in [0.1, 0.15) is 290 Å². The summed E-state index contributed by atoms with van der Waals surface area (Å²) in [4.78, 5) is 37.4. The number of carbonyl (C=O) groups excluding carboxylic acids is 3. The lowest BCUT2D eigenvalue weighted by Crippen LogP contribution is -2.44. The van der Waals surface area contributed by atoms with Crippen LogP contribution in [0.25, 0.3) is 0 Å². The Hall–Kier alpha value is -3.53. The summed E-state index contributed by atoms with van der Waals surface area (Å²) >= 11 is 0. The minimum atomic E-state index is -1.63. The molecule has 0 aliphatic carbocycles. The van der Waals surface area contributed by atoms with Crippen molar-refractivity contribution < 1.29 is 42.9 Å². The lowest BCUT2D eigenvalue weighted by Gasteiger charge is -2.26. The maximum absolute atomic E-state index is 12.9. The Morgan fingerprint density at radius 2 is 0.713 bits per heavy atom. The molecular weight excluding hydrogens is 995 g/mol. The van der Waals surface area contributed by atoms with Gasteiger partial charge >= 0.3 is 11.9 Å². The quantitative estimate of drug-likeness (QED) is 0.0195. The smallest absolute Gasteiger partial charge is 0.306 e. The van der Waals surface area contributed by atoms with Crippen molar-refractivity contribution in [1.29, 1.82) is 0 Å². The van der Waals surface area contributed by atoms with E-state index >= 15 is 0 Å². The van der Waals surface area contributed by atoms with Crippen LogP contribution in [0.3, 0.4) is 0 Å². The number of unbranched alkanes of at least 4 members (excludes halogenated alkanes) is 32. The number of hydrogen-bond donors (Lipinski definition) is 0. The molecule has 0 aromatic carbocycles. The lowest BCUT2D eigenvalue weighted by atomic mass is 10.0. The van der Waals surface area contributed by atoms with E-state index < -0.39 is 24.3 Å². The Balaban J connectivity index is 4.19. The third kappa shape index (κ3) is 62.1. The van der Waals surface area contributed by atoms with Crippen LogP contribution < -0.4 is 5.11 Å². The van der Waals surface area contributed by atoms with Gasteiger partial charge in [0.15, 0.2) is 12.4 Å². The molecule has 462 valence electrons. The average molecular weight is 1120 g/mol. The first-order chi connectivity index (χ1) is 39.1. The number of nitrogens with zero attached hydrogens (tertiary/aromatic N) is 1. The molecule has 0 spiro atoms. The summed E-state index contributed by atoms with van der Waals surface area (Å²) < 4.78 is 22.8. The third-order valence-electron chi connectivity index (χ3n) is 14.4. The van der Waals surface area contributed by atoms with E-state index in [2.05, 4.69) is 98.9 Å². The molecule has 0 amide bonds. The van der Waals surface area contributed by atoms with Crippen molar-refractivity contribution in [3.63, 3.8) is 0 Å². The van der Waals surface area contributed by atoms with E-state index in [0.717, 1.165) is 89.9 Å². The fraction of sp³-hybridized carbons (Fsp3) is 0.761. The number of carboxylic acids is 1. The van der Waals surface area contributed by atoms with Crippen molar-refractivity contribution >= 4 is 17.9 Å². The Morgan fingerprint density at radius 1 is 0.388 bits per heavy atom. The molecule has 9 heteroatoms. The van der Waals surface area contributed by atoms with Crippen LogP contribution in [0.15, 0.2) is 85.1 Å². The van der Waals surface area contributed by atoms with Crippen LogP contribution in [-0.2, 0) is 33.3 Å². The molecule has 0 fully saturated rings. The number of esters is 2. The molecule has 0 aliphatic rings. The van der Waals surface area contributed by atoms with Gasteiger partial charge in [0.1, 0.15) is 13.2 Å². The third-order valence-corrected chi connectivity index (χ3v) is 14.4. The largest absolute Gasteiger partial charge is 0.545 e. The molecule has 2 unspecified atom stereocenters. The zero-order valence-corrected chi connectivity index (χ0v) is 52.7. The molecule has 0 saturated heterocycles. The van der Waals surface area contributed by atoms with Gasteiger partial charge in [-0.1, -0.05) is 292 Å². The molecule has 0 saturated carbocycles. The molecule has 2 atom stereocenters. The van der Waals surface area contributed by atoms with Gasteiger partial charge in [0.25, 0.3) is 0 Å². The number of hydrogen-bond acceptors (Lipinski definition) is 8. The zero-order chi connectivity index (χ0) is 58.3. The molecule has 0 aromatic heterocycles. The highest BCUT2D eigenvalue weighted by atomic mass is 16.7. The van der Waals surface area contributed by atoms with E-state index in [0.29, 0.717) is 23.9 Å². The van der Waals surface area contributed by atoms with Crippen LogP contribution in [0, 0.1) is 0 Å². The number of likely N-dealkylation sites (N-methyl/N-ethyl adjacent to an activating group) is 1. The topological polar surface area (TPSA) is 111 Å². The second-order valence-corrected chi connectivity index (χ2v) is 23.4. The van der Waals surface area contributed by atoms with Crippen LogP contribution in [0.4, 0.5) is 0 Å². The second kappa shape index (κ2) is 61.5. The maximum atomic E-state index is 12.9. The Morgan fingerprint density at radius 3 is 1.06 bits per heavy atom. The van der Waals surface area contributed by atoms with Crippen molar-refractivity contribution in [2.75, 3.05) is 47.5 Å². The summed E-state index contributed by atoms with van der Waals surface area (Å²) in [5, 5.41) is 11.8. The fourth-order valence-electron chi connectivity index (χ4n) is 9.34. The SMILES string of the molecule is CC/C=C\C/C=C\C/C=C\C/C=C\C/C=C\C/C=C\C/C=C\CCCCCCCCCC(=O)OC(COC(=O)CCCCCCCCCCCCCCCCCCCCCCCCCCCC)COC(OCC[N+](C)(C)C)C(=O)[O-]. The summed E-state index contributed by atoms with van der Waals surface area (Å²) in [7, 11) is 5.92. The van der Waals surface area contributed by atoms with Crippen LogP contribution in [-0.4, -0.2) is 82.3 Å². The van der Waals surface area contributed by atoms with Crippen LogP contribution in [0.5, 0.6) is 0 Å². The van der Waals surface area contributed by atoms with Gasteiger partial charge in [0, 0.05) is 12.8 Å². The van der Waals surface area contributed by atoms with E-state index in [1.165, 1.54) is 167 Å². The Kier molecular flexibility index (Phi) is 58.8. The lowest BCUT2D eigenvalue weighted by molar-refractivity contribution is -0.870. The standard InChI is InChI=1S/C71H125NO8/c1-6-8-10-12-14-16-18-20-22-24-26-28-30-32-34-35-36-38-40-42-44-46-48-50-52-54-56-58-60-62-69(74)80-67(66-79-71(70(75)76)77-64-63-72(3,4)5)65-78-68(73)61-59-57-55-53-51-49-47-45-43-41-39-37-33-31-29-27-25-23-21-19-17-15-13-11-9-7-2/h8,10,14,16,20,22,26,28,32,34,36,38,42,44,67,71H,6-7,9,11-13,15,17-19,21,23-25,27,29-31,33,35,37,39-41,43,45-66H2,1-5H3/b10-8-,16-14-,22-20-,28-26-,34-32-,38-36-,44-42-. The van der Waals surface area contributed by atoms with Crippen molar-refractivity contribution in [3.8, 4) is 0 Å². The number of quaternary nitrogens is 1. The number of ether oxygens (including phenoxy) is 4. The molecule has 80 heavy (non-hydrogen) atoms. The second-order valence-electron chi connectivity index (χ2n) is 23.4. The van der Waals surface area contributed by atoms with Gasteiger partial charge in [-0.15, -0.1) is 0 Å². The summed E-state index contributed by atoms with van der Waals surface area (Å²) in [5.41, 5.74) is 0. The van der Waals surface area contributed by atoms with Gasteiger partial charge in [-0.3, -0.25) is 9.59 Å². The number of carboxylic acid groups (broad SMARTS) is 1. The molecule has 0 radical (unpaired) electrons. The number of rotatable bonds is 61. The monoisotopic (exact) mass is 1120 g/mol. The Bertz CT molecular complexity index is 1590. The predicted molar refractivity (Wildman–Crippen MR) is 338 cm³/mol. The summed E-state index contributed by atoms with van der Waals surface area (Å²) in [5.74, 6) is -2.29. The normalized spacial score (nSPS) is 13.3. The van der Waals surface area contributed by atoms with Gasteiger partial charge in [0.05, 0.1) is 40.3 Å². The van der Waals surface area contributed by atoms with E-state index in [1.54, 1.807) is 0 Å². The highest BCUT2D eigenvalue weighted by Crippen LogP contribution is 2.17. The molecule has 0 bridgehead atoms. The van der Waals surface area contributed by atoms with Crippen molar-refractivity contribution in [1.82, 2.24) is 0 Å². The zero-order valence-electron chi connectivity index (χ0n) is 52.7. The van der Waals surface area contributed by atoms with Gasteiger partial charge in [-0.05, 0) is 70.6 Å². The van der Waals surface area contributed by atoms with Crippen molar-refractivity contribution in [2.45, 2.75) is 302 Å². The molecular formula is C71H125NO8. The first-order valence-electron chi connectivity index (χ1n) is 33.2. The van der Waals surface area contributed by atoms with Gasteiger partial charge in [0.2, 0.25) is 0 Å². The van der Waals surface area contributed by atoms with E-state index in [9.17, 15) is 19.5 Å². The number of allylic oxidation sites excluding steroid dienone is 14. The molecule has 0 N–H and O–H groups in total. The van der Waals surface area contributed by atoms with Crippen LogP contribution in [0.2, 0.25) is 0 Å². The number of carbonyl (C=O) groups is 3. The first-order valence-corrected chi connectivity index (χ1v) is 33.2. The van der Waals surface area contributed by atoms with E-state index in [-0.39, 0.29) is 32.2 Å². The van der Waals surface area contributed by atoms with Gasteiger partial charge in [-0.25, -0.2) is 0 Å². The summed E-state index contributed by atoms with van der Waals surface area (Å²) in [6.45, 7) is 4.65. The van der Waals surface area contributed by atoms with Crippen molar-refractivity contribution in [2.24, 2.45) is 0 Å². The van der Waals surface area contributed by atoms with Gasteiger partial charge < -0.3 is 33.3 Å². The number of aliphatic carboxylic acids is 1. The van der Waals surface area contributed by atoms with E-state index in [4.69, 9.17) is 18.9 Å². The van der Waals surface area contributed by atoms with E-state index in [1.807, 2.05) is 21.1 Å². The van der Waals surface area contributed by atoms with Gasteiger partial charge in [-0.2, -0.15) is 0 Å². The van der Waals surface area contributed by atoms with Crippen LogP contribution >= 0.6 is 0 Å². The predicted octanol–water partition coefficient (Wildman–Crippen LogP) is 19.0. The molecule has 0 heterocycles. The molecule has 0 rings (SSSR count). The molecule has 9 nitrogen and oxygen atoms in total. The molecule has 0 aromatic rings. The summed E-state index contributed by atoms with van der Waals surface area (Å²) in [6, 6.07) is 0. The maximum Gasteiger partial charge on any atom is 0.306 e. The minimum absolute atomic E-state index is 0.143. The fourth-order valence-corrected chi connectivity index (χ4v) is 9.34. The minimum Gasteiger partial charge on any atom is -0.545 e. The highest BCUT2D eigenvalue weighted by Gasteiger charge is 2.22. The highest BCUT2D eigenvalue weighted by molar-refractivity contribution is 5.70. The summed E-state index contributed by atoms with van der Waals surface area (Å²) in [6.07, 6.45) is 79.4. The Labute approximate surface area is 493 Å². The first kappa shape index (κ1) is 76.5. The van der Waals surface area contributed by atoms with Crippen molar-refractivity contribution in [3.05, 3.63) is 85.1 Å².